The first kappa shape index (κ1) is 27.3. The fraction of sp³-hybridized carbons (Fsp3) is 0.360. The van der Waals surface area contributed by atoms with Crippen molar-refractivity contribution in [2.45, 2.75) is 57.4 Å². The van der Waals surface area contributed by atoms with Crippen LogP contribution in [0.3, 0.4) is 0 Å². The number of hydrogen-bond donors (Lipinski definition) is 1. The number of nitrogens with one attached hydrogen (secondary N) is 1. The first-order valence-corrected chi connectivity index (χ1v) is 12.9. The molecule has 3 aromatic rings. The topological polar surface area (TPSA) is 88.5 Å². The Morgan fingerprint density at radius 2 is 1.56 bits per heavy atom. The lowest BCUT2D eigenvalue weighted by Gasteiger charge is -2.31. The molecule has 0 aliphatic heterocycles. The van der Waals surface area contributed by atoms with Crippen LogP contribution in [0.2, 0.25) is 0 Å². The van der Waals surface area contributed by atoms with E-state index < -0.39 is 33.2 Å². The summed E-state index contributed by atoms with van der Waals surface area (Å²) in [6, 6.07) is 10.3. The molecule has 0 atom stereocenters. The molecule has 0 saturated heterocycles. The standard InChI is InChI=1S/C25H28F3N3O4S/c1-16(2)31(17(3)4)24(33)14-30-13-22(20-7-5-6-8-21(20)30)36(34,35)15-23(32)29-19-11-9-18(10-12-19)25(26,27)28/h5-13,16-17H,14-15H2,1-4H3,(H,29,32). The minimum atomic E-state index is -4.52. The normalized spacial score (nSPS) is 12.4. The molecular formula is C25H28F3N3O4S. The van der Waals surface area contributed by atoms with Crippen molar-refractivity contribution >= 4 is 38.2 Å². The van der Waals surface area contributed by atoms with Gasteiger partial charge in [0, 0.05) is 34.9 Å². The number of hydrogen-bond acceptors (Lipinski definition) is 4. The number of alkyl halides is 3. The summed E-state index contributed by atoms with van der Waals surface area (Å²) in [7, 11) is -4.14. The van der Waals surface area contributed by atoms with Crippen LogP contribution in [0.25, 0.3) is 10.9 Å². The first-order valence-electron chi connectivity index (χ1n) is 11.3. The van der Waals surface area contributed by atoms with Crippen molar-refractivity contribution in [3.05, 3.63) is 60.3 Å². The fourth-order valence-corrected chi connectivity index (χ4v) is 5.55. The zero-order valence-corrected chi connectivity index (χ0v) is 21.2. The molecule has 1 aromatic heterocycles. The number of amides is 2. The van der Waals surface area contributed by atoms with Gasteiger partial charge in [-0.05, 0) is 58.0 Å². The highest BCUT2D eigenvalue weighted by Gasteiger charge is 2.30. The Hall–Kier alpha value is -3.34. The number of sulfone groups is 1. The van der Waals surface area contributed by atoms with Crippen molar-refractivity contribution in [3.8, 4) is 0 Å². The van der Waals surface area contributed by atoms with E-state index in [0.717, 1.165) is 24.3 Å². The Balaban J connectivity index is 1.85. The van der Waals surface area contributed by atoms with Gasteiger partial charge < -0.3 is 14.8 Å². The molecule has 1 N–H and O–H groups in total. The minimum Gasteiger partial charge on any atom is -0.337 e. The molecule has 194 valence electrons. The molecule has 1 heterocycles. The number of para-hydroxylation sites is 1. The Morgan fingerprint density at radius 3 is 2.11 bits per heavy atom. The smallest absolute Gasteiger partial charge is 0.337 e. The Labute approximate surface area is 207 Å². The van der Waals surface area contributed by atoms with Gasteiger partial charge in [0.25, 0.3) is 0 Å². The molecule has 0 saturated carbocycles. The van der Waals surface area contributed by atoms with Crippen LogP contribution in [0.5, 0.6) is 0 Å². The molecule has 2 amide bonds. The molecule has 0 radical (unpaired) electrons. The van der Waals surface area contributed by atoms with E-state index in [4.69, 9.17) is 0 Å². The van der Waals surface area contributed by atoms with Crippen molar-refractivity contribution in [3.63, 3.8) is 0 Å². The SMILES string of the molecule is CC(C)N(C(=O)Cn1cc(S(=O)(=O)CC(=O)Nc2ccc(C(F)(F)F)cc2)c2ccccc21)C(C)C. The summed E-state index contributed by atoms with van der Waals surface area (Å²) in [5.41, 5.74) is -0.317. The molecule has 0 bridgehead atoms. The van der Waals surface area contributed by atoms with Crippen molar-refractivity contribution in [1.29, 1.82) is 0 Å². The minimum absolute atomic E-state index is 0.0405. The van der Waals surface area contributed by atoms with Gasteiger partial charge in [0.1, 0.15) is 12.3 Å². The molecule has 0 aliphatic carbocycles. The van der Waals surface area contributed by atoms with Crippen molar-refractivity contribution in [2.75, 3.05) is 11.1 Å². The molecule has 0 aliphatic rings. The van der Waals surface area contributed by atoms with Gasteiger partial charge in [0.05, 0.1) is 10.5 Å². The lowest BCUT2D eigenvalue weighted by Crippen LogP contribution is -2.43. The second-order valence-electron chi connectivity index (χ2n) is 9.01. The maximum Gasteiger partial charge on any atom is 0.416 e. The number of carbonyl (C=O) groups excluding carboxylic acids is 2. The number of aromatic nitrogens is 1. The Morgan fingerprint density at radius 1 is 0.972 bits per heavy atom. The maximum atomic E-state index is 13.2. The van der Waals surface area contributed by atoms with Crippen molar-refractivity contribution in [2.24, 2.45) is 0 Å². The van der Waals surface area contributed by atoms with Gasteiger partial charge >= 0.3 is 6.18 Å². The molecule has 2 aromatic carbocycles. The number of halogens is 3. The monoisotopic (exact) mass is 523 g/mol. The van der Waals surface area contributed by atoms with E-state index in [0.29, 0.717) is 10.9 Å². The second kappa shape index (κ2) is 10.3. The average Bonchev–Trinajstić information content (AvgIpc) is 3.12. The molecule has 3 rings (SSSR count). The fourth-order valence-electron chi connectivity index (χ4n) is 4.18. The number of fused-ring (bicyclic) bond motifs is 1. The van der Waals surface area contributed by atoms with Gasteiger partial charge in [0.2, 0.25) is 11.8 Å². The largest absolute Gasteiger partial charge is 0.416 e. The molecule has 0 unspecified atom stereocenters. The summed E-state index contributed by atoms with van der Waals surface area (Å²) in [4.78, 5) is 27.1. The van der Waals surface area contributed by atoms with E-state index in [2.05, 4.69) is 5.32 Å². The summed E-state index contributed by atoms with van der Waals surface area (Å²) in [6.45, 7) is 7.52. The zero-order chi connectivity index (χ0) is 26.8. The van der Waals surface area contributed by atoms with Gasteiger partial charge in [-0.2, -0.15) is 13.2 Å². The molecule has 11 heteroatoms. The van der Waals surface area contributed by atoms with Crippen LogP contribution < -0.4 is 5.32 Å². The summed E-state index contributed by atoms with van der Waals surface area (Å²) in [6.07, 6.45) is -3.18. The number of carbonyl (C=O) groups is 2. The lowest BCUT2D eigenvalue weighted by atomic mass is 10.2. The van der Waals surface area contributed by atoms with Crippen molar-refractivity contribution in [1.82, 2.24) is 9.47 Å². The Bertz CT molecular complexity index is 1350. The summed E-state index contributed by atoms with van der Waals surface area (Å²) in [5.74, 6) is -1.99. The van der Waals surface area contributed by atoms with Crippen molar-refractivity contribution < 1.29 is 31.2 Å². The van der Waals surface area contributed by atoms with E-state index in [1.807, 2.05) is 27.7 Å². The number of benzene rings is 2. The third-order valence-corrected chi connectivity index (χ3v) is 7.25. The number of anilines is 1. The van der Waals surface area contributed by atoms with Gasteiger partial charge in [-0.25, -0.2) is 8.42 Å². The van der Waals surface area contributed by atoms with Gasteiger partial charge in [-0.1, -0.05) is 18.2 Å². The molecule has 0 spiro atoms. The summed E-state index contributed by atoms with van der Waals surface area (Å²) >= 11 is 0. The van der Waals surface area contributed by atoms with E-state index >= 15 is 0 Å². The van der Waals surface area contributed by atoms with E-state index in [9.17, 15) is 31.2 Å². The number of nitrogens with zero attached hydrogens (tertiary/aromatic N) is 2. The highest BCUT2D eigenvalue weighted by Crippen LogP contribution is 2.30. The van der Waals surface area contributed by atoms with Crippen LogP contribution in [0.1, 0.15) is 33.3 Å². The second-order valence-corrected chi connectivity index (χ2v) is 11.0. The van der Waals surface area contributed by atoms with E-state index in [-0.39, 0.29) is 35.1 Å². The van der Waals surface area contributed by atoms with Gasteiger partial charge in [-0.3, -0.25) is 9.59 Å². The summed E-state index contributed by atoms with van der Waals surface area (Å²) < 4.78 is 66.1. The third kappa shape index (κ3) is 6.07. The predicted molar refractivity (Wildman–Crippen MR) is 131 cm³/mol. The summed E-state index contributed by atoms with van der Waals surface area (Å²) in [5, 5.41) is 2.69. The van der Waals surface area contributed by atoms with Crippen LogP contribution >= 0.6 is 0 Å². The molecule has 0 fully saturated rings. The van der Waals surface area contributed by atoms with Crippen LogP contribution in [0.15, 0.2) is 59.6 Å². The van der Waals surface area contributed by atoms with E-state index in [1.165, 1.54) is 6.20 Å². The quantitative estimate of drug-likeness (QED) is 0.463. The van der Waals surface area contributed by atoms with Crippen LogP contribution in [-0.4, -0.2) is 47.5 Å². The maximum absolute atomic E-state index is 13.2. The van der Waals surface area contributed by atoms with Crippen LogP contribution in [0.4, 0.5) is 18.9 Å². The predicted octanol–water partition coefficient (Wildman–Crippen LogP) is 4.72. The van der Waals surface area contributed by atoms with Gasteiger partial charge in [-0.15, -0.1) is 0 Å². The third-order valence-electron chi connectivity index (χ3n) is 5.61. The molecular weight excluding hydrogens is 495 g/mol. The zero-order valence-electron chi connectivity index (χ0n) is 20.3. The molecule has 36 heavy (non-hydrogen) atoms. The molecule has 7 nitrogen and oxygen atoms in total. The number of rotatable bonds is 8. The first-order chi connectivity index (χ1) is 16.7. The van der Waals surface area contributed by atoms with E-state index in [1.54, 1.807) is 33.7 Å². The highest BCUT2D eigenvalue weighted by atomic mass is 32.2. The van der Waals surface area contributed by atoms with Crippen LogP contribution in [-0.2, 0) is 32.1 Å². The lowest BCUT2D eigenvalue weighted by molar-refractivity contribution is -0.137. The average molecular weight is 524 g/mol. The Kier molecular flexibility index (Phi) is 7.82. The van der Waals surface area contributed by atoms with Gasteiger partial charge in [0.15, 0.2) is 9.84 Å². The highest BCUT2D eigenvalue weighted by molar-refractivity contribution is 7.92. The van der Waals surface area contributed by atoms with Crippen LogP contribution in [0, 0.1) is 0 Å².